The number of carbonyl (C=O) groups is 1. The molecule has 3 aromatic rings. The number of amides is 1. The Kier molecular flexibility index (Phi) is 4.90. The highest BCUT2D eigenvalue weighted by Gasteiger charge is 2.05. The van der Waals surface area contributed by atoms with Gasteiger partial charge in [0.2, 0.25) is 0 Å². The van der Waals surface area contributed by atoms with Crippen molar-refractivity contribution < 1.29 is 4.79 Å². The van der Waals surface area contributed by atoms with Crippen LogP contribution in [0.2, 0.25) is 0 Å². The summed E-state index contributed by atoms with van der Waals surface area (Å²) in [4.78, 5) is 23.6. The van der Waals surface area contributed by atoms with Gasteiger partial charge in [0.15, 0.2) is 5.16 Å². The van der Waals surface area contributed by atoms with Crippen molar-refractivity contribution in [2.24, 2.45) is 5.10 Å². The molecule has 0 unspecified atom stereocenters. The molecule has 0 radical (unpaired) electrons. The quantitative estimate of drug-likeness (QED) is 0.324. The van der Waals surface area contributed by atoms with E-state index in [2.05, 4.69) is 25.5 Å². The number of fused-ring (bicyclic) bond motifs is 1. The number of carbonyl (C=O) groups excluding carboxylic acids is 1. The van der Waals surface area contributed by atoms with Crippen molar-refractivity contribution in [3.63, 3.8) is 0 Å². The fourth-order valence-corrected chi connectivity index (χ4v) is 3.04. The fraction of sp³-hybridized carbons (Fsp3) is 0.176. The summed E-state index contributed by atoms with van der Waals surface area (Å²) < 4.78 is 0. The number of aromatic amines is 1. The number of nitrogens with one attached hydrogen (secondary N) is 2. The van der Waals surface area contributed by atoms with Crippen LogP contribution in [0.25, 0.3) is 10.9 Å². The van der Waals surface area contributed by atoms with Gasteiger partial charge in [-0.15, -0.1) is 0 Å². The summed E-state index contributed by atoms with van der Waals surface area (Å²) in [6.07, 6.45) is 3.49. The fourth-order valence-electron chi connectivity index (χ4n) is 2.30. The summed E-state index contributed by atoms with van der Waals surface area (Å²) in [7, 11) is 0. The second-order valence-electron chi connectivity index (χ2n) is 5.30. The summed E-state index contributed by atoms with van der Waals surface area (Å²) in [5.41, 5.74) is 6.27. The zero-order valence-corrected chi connectivity index (χ0v) is 14.2. The van der Waals surface area contributed by atoms with E-state index in [0.717, 1.165) is 27.9 Å². The second-order valence-corrected chi connectivity index (χ2v) is 6.25. The lowest BCUT2D eigenvalue weighted by molar-refractivity contribution is -0.118. The molecule has 0 atom stereocenters. The molecular weight excluding hydrogens is 322 g/mol. The molecule has 6 nitrogen and oxygen atoms in total. The Morgan fingerprint density at radius 3 is 2.83 bits per heavy atom. The number of hydrogen-bond donors (Lipinski definition) is 2. The minimum atomic E-state index is -0.196. The molecule has 1 aromatic carbocycles. The van der Waals surface area contributed by atoms with Crippen molar-refractivity contribution in [2.75, 3.05) is 5.75 Å². The Bertz CT molecular complexity index is 883. The largest absolute Gasteiger partial charge is 0.361 e. The molecule has 3 rings (SSSR count). The van der Waals surface area contributed by atoms with E-state index < -0.39 is 0 Å². The van der Waals surface area contributed by atoms with Gasteiger partial charge in [0.05, 0.1) is 12.0 Å². The molecule has 122 valence electrons. The predicted molar refractivity (Wildman–Crippen MR) is 96.3 cm³/mol. The van der Waals surface area contributed by atoms with E-state index in [1.165, 1.54) is 11.8 Å². The first-order valence-electron chi connectivity index (χ1n) is 7.45. The van der Waals surface area contributed by atoms with Gasteiger partial charge in [0.1, 0.15) is 0 Å². The molecule has 0 aliphatic rings. The smallest absolute Gasteiger partial charge is 0.250 e. The third kappa shape index (κ3) is 3.99. The van der Waals surface area contributed by atoms with E-state index in [-0.39, 0.29) is 11.7 Å². The van der Waals surface area contributed by atoms with Gasteiger partial charge in [-0.25, -0.2) is 15.4 Å². The maximum atomic E-state index is 11.9. The van der Waals surface area contributed by atoms with Crippen LogP contribution < -0.4 is 5.43 Å². The van der Waals surface area contributed by atoms with Crippen LogP contribution in [0, 0.1) is 13.8 Å². The topological polar surface area (TPSA) is 83.0 Å². The van der Waals surface area contributed by atoms with Crippen LogP contribution in [0.4, 0.5) is 0 Å². The van der Waals surface area contributed by atoms with Gasteiger partial charge in [-0.3, -0.25) is 4.79 Å². The summed E-state index contributed by atoms with van der Waals surface area (Å²) in [5, 5.41) is 5.68. The molecule has 2 N–H and O–H groups in total. The van der Waals surface area contributed by atoms with E-state index in [1.54, 1.807) is 6.21 Å². The summed E-state index contributed by atoms with van der Waals surface area (Å²) in [6.45, 7) is 3.81. The minimum Gasteiger partial charge on any atom is -0.361 e. The highest BCUT2D eigenvalue weighted by atomic mass is 32.2. The first-order chi connectivity index (χ1) is 11.6. The molecule has 0 saturated carbocycles. The number of nitrogens with zero attached hydrogens (tertiary/aromatic N) is 3. The third-order valence-electron chi connectivity index (χ3n) is 3.31. The number of benzene rings is 1. The molecule has 0 aliphatic heterocycles. The number of H-pyrrole nitrogens is 1. The average Bonchev–Trinajstić information content (AvgIpc) is 2.96. The van der Waals surface area contributed by atoms with Crippen molar-refractivity contribution in [1.82, 2.24) is 20.4 Å². The maximum absolute atomic E-state index is 11.9. The van der Waals surface area contributed by atoms with Crippen LogP contribution in [-0.4, -0.2) is 32.8 Å². The van der Waals surface area contributed by atoms with E-state index >= 15 is 0 Å². The predicted octanol–water partition coefficient (Wildman–Crippen LogP) is 2.82. The lowest BCUT2D eigenvalue weighted by atomic mass is 10.2. The minimum absolute atomic E-state index is 0.196. The Morgan fingerprint density at radius 1 is 1.29 bits per heavy atom. The van der Waals surface area contributed by atoms with E-state index in [1.807, 2.05) is 50.4 Å². The summed E-state index contributed by atoms with van der Waals surface area (Å²) >= 11 is 1.29. The summed E-state index contributed by atoms with van der Waals surface area (Å²) in [6, 6.07) is 9.82. The Labute approximate surface area is 143 Å². The Morgan fingerprint density at radius 2 is 2.04 bits per heavy atom. The van der Waals surface area contributed by atoms with Gasteiger partial charge in [0.25, 0.3) is 5.91 Å². The number of hydrazone groups is 1. The zero-order valence-electron chi connectivity index (χ0n) is 13.4. The van der Waals surface area contributed by atoms with Crippen molar-refractivity contribution in [3.05, 3.63) is 53.5 Å². The van der Waals surface area contributed by atoms with Crippen molar-refractivity contribution in [2.45, 2.75) is 19.0 Å². The molecule has 0 spiro atoms. The number of aromatic nitrogens is 3. The van der Waals surface area contributed by atoms with Gasteiger partial charge in [-0.05, 0) is 26.0 Å². The van der Waals surface area contributed by atoms with Crippen LogP contribution in [0.5, 0.6) is 0 Å². The molecular formula is C17H17N5OS. The van der Waals surface area contributed by atoms with E-state index in [4.69, 9.17) is 0 Å². The van der Waals surface area contributed by atoms with Gasteiger partial charge in [0, 0.05) is 34.1 Å². The van der Waals surface area contributed by atoms with Crippen LogP contribution in [0.3, 0.4) is 0 Å². The Balaban J connectivity index is 1.55. The monoisotopic (exact) mass is 339 g/mol. The molecule has 0 saturated heterocycles. The molecule has 2 aromatic heterocycles. The lowest BCUT2D eigenvalue weighted by Gasteiger charge is -2.02. The number of aryl methyl sites for hydroxylation is 2. The molecule has 0 bridgehead atoms. The van der Waals surface area contributed by atoms with Crippen LogP contribution in [0.1, 0.15) is 17.0 Å². The number of rotatable bonds is 5. The normalized spacial score (nSPS) is 11.2. The zero-order chi connectivity index (χ0) is 16.9. The standard InChI is InChI=1S/C17H17N5OS/c1-11-7-12(2)21-17(20-11)24-10-16(23)22-19-9-13-8-18-15-6-4-3-5-14(13)15/h3-9,18H,10H2,1-2H3,(H,22,23)/b19-9+. The first kappa shape index (κ1) is 16.2. The number of hydrogen-bond acceptors (Lipinski definition) is 5. The van der Waals surface area contributed by atoms with E-state index in [0.29, 0.717) is 5.16 Å². The van der Waals surface area contributed by atoms with Gasteiger partial charge in [-0.1, -0.05) is 30.0 Å². The van der Waals surface area contributed by atoms with Gasteiger partial charge >= 0.3 is 0 Å². The van der Waals surface area contributed by atoms with Crippen LogP contribution in [-0.2, 0) is 4.79 Å². The first-order valence-corrected chi connectivity index (χ1v) is 8.43. The van der Waals surface area contributed by atoms with Gasteiger partial charge < -0.3 is 4.98 Å². The SMILES string of the molecule is Cc1cc(C)nc(SCC(=O)N/N=C/c2c[nH]c3ccccc23)n1. The molecule has 24 heavy (non-hydrogen) atoms. The van der Waals surface area contributed by atoms with Crippen molar-refractivity contribution in [1.29, 1.82) is 0 Å². The number of para-hydroxylation sites is 1. The maximum Gasteiger partial charge on any atom is 0.250 e. The van der Waals surface area contributed by atoms with Crippen LogP contribution >= 0.6 is 11.8 Å². The van der Waals surface area contributed by atoms with Crippen molar-refractivity contribution in [3.8, 4) is 0 Å². The van der Waals surface area contributed by atoms with Gasteiger partial charge in [-0.2, -0.15) is 5.10 Å². The molecule has 7 heteroatoms. The molecule has 0 fully saturated rings. The molecule has 1 amide bonds. The highest BCUT2D eigenvalue weighted by molar-refractivity contribution is 7.99. The van der Waals surface area contributed by atoms with Crippen LogP contribution in [0.15, 0.2) is 46.8 Å². The second kappa shape index (κ2) is 7.27. The Hall–Kier alpha value is -2.67. The third-order valence-corrected chi connectivity index (χ3v) is 4.16. The van der Waals surface area contributed by atoms with Crippen molar-refractivity contribution >= 4 is 34.8 Å². The average molecular weight is 339 g/mol. The molecule has 2 heterocycles. The summed E-state index contributed by atoms with van der Waals surface area (Å²) in [5.74, 6) is 0.0209. The lowest BCUT2D eigenvalue weighted by Crippen LogP contribution is -2.19. The highest BCUT2D eigenvalue weighted by Crippen LogP contribution is 2.16. The molecule has 0 aliphatic carbocycles. The van der Waals surface area contributed by atoms with E-state index in [9.17, 15) is 4.79 Å². The number of thioether (sulfide) groups is 1.